The highest BCUT2D eigenvalue weighted by atomic mass is 32.1. The maximum atomic E-state index is 5.03. The third-order valence-corrected chi connectivity index (χ3v) is 4.70. The first-order chi connectivity index (χ1) is 9.35. The summed E-state index contributed by atoms with van der Waals surface area (Å²) in [7, 11) is 1.73. The number of anilines is 1. The molecule has 19 heavy (non-hydrogen) atoms. The van der Waals surface area contributed by atoms with E-state index in [0.29, 0.717) is 6.04 Å². The fourth-order valence-electron chi connectivity index (χ4n) is 2.57. The van der Waals surface area contributed by atoms with Crippen LogP contribution in [0.1, 0.15) is 37.5 Å². The van der Waals surface area contributed by atoms with Crippen molar-refractivity contribution >= 4 is 16.5 Å². The van der Waals surface area contributed by atoms with Gasteiger partial charge in [0.15, 0.2) is 5.13 Å². The first-order valence-corrected chi connectivity index (χ1v) is 8.07. The minimum absolute atomic E-state index is 0.689. The van der Waals surface area contributed by atoms with Gasteiger partial charge < -0.3 is 15.0 Å². The van der Waals surface area contributed by atoms with Crippen LogP contribution in [0, 0.1) is 0 Å². The summed E-state index contributed by atoms with van der Waals surface area (Å²) in [5.41, 5.74) is 0. The van der Waals surface area contributed by atoms with Crippen LogP contribution in [-0.4, -0.2) is 37.8 Å². The van der Waals surface area contributed by atoms with E-state index in [2.05, 4.69) is 22.1 Å². The van der Waals surface area contributed by atoms with E-state index < -0.39 is 0 Å². The maximum Gasteiger partial charge on any atom is 0.185 e. The molecular formula is C14H25N3OS. The molecular weight excluding hydrogens is 258 g/mol. The SMILES string of the molecule is CCC1CCCCN1c1ncc(CNCCOC)s1. The molecule has 0 amide bonds. The number of hydrogen-bond donors (Lipinski definition) is 1. The fourth-order valence-corrected chi connectivity index (χ4v) is 3.55. The Morgan fingerprint density at radius 3 is 3.21 bits per heavy atom. The Hall–Kier alpha value is -0.650. The predicted molar refractivity (Wildman–Crippen MR) is 81.0 cm³/mol. The lowest BCUT2D eigenvalue weighted by Crippen LogP contribution is -2.38. The normalized spacial score (nSPS) is 19.9. The van der Waals surface area contributed by atoms with Crippen molar-refractivity contribution in [3.05, 3.63) is 11.1 Å². The molecule has 1 aromatic rings. The zero-order chi connectivity index (χ0) is 13.5. The molecule has 1 unspecified atom stereocenters. The fraction of sp³-hybridized carbons (Fsp3) is 0.786. The summed E-state index contributed by atoms with van der Waals surface area (Å²) in [5.74, 6) is 0. The molecule has 1 N–H and O–H groups in total. The molecule has 1 fully saturated rings. The van der Waals surface area contributed by atoms with Gasteiger partial charge in [-0.05, 0) is 25.7 Å². The van der Waals surface area contributed by atoms with Gasteiger partial charge in [0, 0.05) is 43.9 Å². The number of nitrogens with one attached hydrogen (secondary N) is 1. The lowest BCUT2D eigenvalue weighted by molar-refractivity contribution is 0.199. The number of thiazole rings is 1. The average molecular weight is 283 g/mol. The van der Waals surface area contributed by atoms with Gasteiger partial charge in [0.05, 0.1) is 6.61 Å². The van der Waals surface area contributed by atoms with Crippen LogP contribution in [0.4, 0.5) is 5.13 Å². The molecule has 0 radical (unpaired) electrons. The van der Waals surface area contributed by atoms with Crippen LogP contribution in [-0.2, 0) is 11.3 Å². The first kappa shape index (κ1) is 14.8. The third-order valence-electron chi connectivity index (χ3n) is 3.67. The molecule has 1 aliphatic rings. The van der Waals surface area contributed by atoms with Crippen molar-refractivity contribution in [2.75, 3.05) is 31.7 Å². The Morgan fingerprint density at radius 1 is 1.53 bits per heavy atom. The van der Waals surface area contributed by atoms with Crippen molar-refractivity contribution in [2.24, 2.45) is 0 Å². The molecule has 0 aromatic carbocycles. The second-order valence-electron chi connectivity index (χ2n) is 5.03. The molecule has 0 aliphatic carbocycles. The van der Waals surface area contributed by atoms with E-state index >= 15 is 0 Å². The van der Waals surface area contributed by atoms with Crippen molar-refractivity contribution in [2.45, 2.75) is 45.2 Å². The largest absolute Gasteiger partial charge is 0.383 e. The van der Waals surface area contributed by atoms with Crippen LogP contribution in [0.15, 0.2) is 6.20 Å². The Kier molecular flexibility index (Phi) is 6.07. The number of nitrogens with zero attached hydrogens (tertiary/aromatic N) is 2. The Balaban J connectivity index is 1.88. The van der Waals surface area contributed by atoms with Gasteiger partial charge in [-0.25, -0.2) is 4.98 Å². The highest BCUT2D eigenvalue weighted by Gasteiger charge is 2.23. The Bertz CT molecular complexity index is 369. The van der Waals surface area contributed by atoms with Crippen molar-refractivity contribution in [1.29, 1.82) is 0 Å². The maximum absolute atomic E-state index is 5.03. The van der Waals surface area contributed by atoms with Gasteiger partial charge in [-0.2, -0.15) is 0 Å². The molecule has 4 nitrogen and oxygen atoms in total. The summed E-state index contributed by atoms with van der Waals surface area (Å²) in [6.07, 6.45) is 7.23. The van der Waals surface area contributed by atoms with E-state index in [0.717, 1.165) is 19.7 Å². The van der Waals surface area contributed by atoms with Crippen molar-refractivity contribution < 1.29 is 4.74 Å². The van der Waals surface area contributed by atoms with Crippen molar-refractivity contribution in [3.8, 4) is 0 Å². The molecule has 0 saturated carbocycles. The second kappa shape index (κ2) is 7.82. The van der Waals surface area contributed by atoms with Gasteiger partial charge in [0.25, 0.3) is 0 Å². The summed E-state index contributed by atoms with van der Waals surface area (Å²) >= 11 is 1.83. The van der Waals surface area contributed by atoms with E-state index in [4.69, 9.17) is 4.74 Å². The summed E-state index contributed by atoms with van der Waals surface area (Å²) in [5, 5.41) is 4.57. The molecule has 1 aromatic heterocycles. The van der Waals surface area contributed by atoms with Gasteiger partial charge in [-0.15, -0.1) is 11.3 Å². The molecule has 2 rings (SSSR count). The summed E-state index contributed by atoms with van der Waals surface area (Å²) < 4.78 is 5.03. The van der Waals surface area contributed by atoms with Crippen LogP contribution in [0.2, 0.25) is 0 Å². The zero-order valence-electron chi connectivity index (χ0n) is 12.0. The Morgan fingerprint density at radius 2 is 2.42 bits per heavy atom. The minimum atomic E-state index is 0.689. The van der Waals surface area contributed by atoms with Gasteiger partial charge in [0.2, 0.25) is 0 Å². The van der Waals surface area contributed by atoms with Crippen LogP contribution in [0.5, 0.6) is 0 Å². The molecule has 5 heteroatoms. The summed E-state index contributed by atoms with van der Waals surface area (Å²) in [6.45, 7) is 6.00. The highest BCUT2D eigenvalue weighted by Crippen LogP contribution is 2.29. The standard InChI is InChI=1S/C14H25N3OS/c1-3-12-6-4-5-8-17(12)14-16-11-13(19-14)10-15-7-9-18-2/h11-12,15H,3-10H2,1-2H3. The monoisotopic (exact) mass is 283 g/mol. The number of rotatable bonds is 7. The highest BCUT2D eigenvalue weighted by molar-refractivity contribution is 7.15. The molecule has 0 spiro atoms. The van der Waals surface area contributed by atoms with E-state index in [1.54, 1.807) is 7.11 Å². The van der Waals surface area contributed by atoms with E-state index in [1.807, 2.05) is 17.5 Å². The van der Waals surface area contributed by atoms with Crippen LogP contribution in [0.3, 0.4) is 0 Å². The Labute approximate surface area is 120 Å². The number of piperidine rings is 1. The van der Waals surface area contributed by atoms with E-state index in [1.165, 1.54) is 42.2 Å². The van der Waals surface area contributed by atoms with Gasteiger partial charge in [-0.3, -0.25) is 0 Å². The van der Waals surface area contributed by atoms with Crippen molar-refractivity contribution in [3.63, 3.8) is 0 Å². The van der Waals surface area contributed by atoms with Gasteiger partial charge in [0.1, 0.15) is 0 Å². The number of ether oxygens (including phenoxy) is 1. The molecule has 1 aliphatic heterocycles. The zero-order valence-corrected chi connectivity index (χ0v) is 12.8. The molecule has 1 atom stereocenters. The van der Waals surface area contributed by atoms with Gasteiger partial charge >= 0.3 is 0 Å². The number of hydrogen-bond acceptors (Lipinski definition) is 5. The summed E-state index contributed by atoms with van der Waals surface area (Å²) in [4.78, 5) is 8.43. The van der Waals surface area contributed by atoms with Gasteiger partial charge in [-0.1, -0.05) is 6.92 Å². The lowest BCUT2D eigenvalue weighted by atomic mass is 10.0. The second-order valence-corrected chi connectivity index (χ2v) is 6.12. The average Bonchev–Trinajstić information content (AvgIpc) is 2.92. The van der Waals surface area contributed by atoms with Crippen LogP contribution >= 0.6 is 11.3 Å². The van der Waals surface area contributed by atoms with E-state index in [-0.39, 0.29) is 0 Å². The smallest absolute Gasteiger partial charge is 0.185 e. The number of methoxy groups -OCH3 is 1. The van der Waals surface area contributed by atoms with E-state index in [9.17, 15) is 0 Å². The topological polar surface area (TPSA) is 37.4 Å². The molecule has 0 bridgehead atoms. The summed E-state index contributed by atoms with van der Waals surface area (Å²) in [6, 6.07) is 0.689. The first-order valence-electron chi connectivity index (χ1n) is 7.26. The molecule has 1 saturated heterocycles. The third kappa shape index (κ3) is 4.16. The molecule has 108 valence electrons. The quantitative estimate of drug-likeness (QED) is 0.781. The van der Waals surface area contributed by atoms with Crippen LogP contribution < -0.4 is 10.2 Å². The predicted octanol–water partition coefficient (Wildman–Crippen LogP) is 2.65. The molecule has 2 heterocycles. The minimum Gasteiger partial charge on any atom is -0.383 e. The number of aromatic nitrogens is 1. The van der Waals surface area contributed by atoms with Crippen molar-refractivity contribution in [1.82, 2.24) is 10.3 Å². The lowest BCUT2D eigenvalue weighted by Gasteiger charge is -2.34. The van der Waals surface area contributed by atoms with Crippen LogP contribution in [0.25, 0.3) is 0 Å².